The van der Waals surface area contributed by atoms with E-state index in [9.17, 15) is 35.4 Å². The molecule has 0 radical (unpaired) electrons. The summed E-state index contributed by atoms with van der Waals surface area (Å²) in [6.07, 6.45) is -9.92. The maximum Gasteiger partial charge on any atom is 0.332 e. The smallest absolute Gasteiger partial charge is 0.332 e. The zero-order chi connectivity index (χ0) is 28.7. The Morgan fingerprint density at radius 1 is 0.875 bits per heavy atom. The molecule has 5 fully saturated rings. The van der Waals surface area contributed by atoms with Crippen molar-refractivity contribution >= 4 is 5.97 Å². The zero-order valence-electron chi connectivity index (χ0n) is 22.9. The largest absolute Gasteiger partial charge is 0.479 e. The summed E-state index contributed by atoms with van der Waals surface area (Å²) in [7, 11) is 0. The molecule has 3 heterocycles. The van der Waals surface area contributed by atoms with E-state index in [4.69, 9.17) is 28.4 Å². The molecule has 230 valence electrons. The number of hydrogen-bond acceptors (Lipinski definition) is 12. The molecule has 0 aromatic heterocycles. The first-order valence-corrected chi connectivity index (χ1v) is 14.6. The van der Waals surface area contributed by atoms with Gasteiger partial charge in [-0.2, -0.15) is 0 Å². The Morgan fingerprint density at radius 3 is 2.35 bits per heavy atom. The van der Waals surface area contributed by atoms with Gasteiger partial charge in [0.25, 0.3) is 0 Å². The van der Waals surface area contributed by atoms with Gasteiger partial charge in [-0.3, -0.25) is 0 Å². The lowest BCUT2D eigenvalue weighted by molar-refractivity contribution is -0.353. The highest BCUT2D eigenvalue weighted by molar-refractivity contribution is 5.72. The van der Waals surface area contributed by atoms with E-state index in [0.717, 1.165) is 25.7 Å². The second-order valence-corrected chi connectivity index (χ2v) is 12.0. The van der Waals surface area contributed by atoms with Gasteiger partial charge in [-0.1, -0.05) is 19.8 Å². The molecule has 5 rings (SSSR count). The van der Waals surface area contributed by atoms with Crippen molar-refractivity contribution < 1.29 is 63.9 Å². The summed E-state index contributed by atoms with van der Waals surface area (Å²) in [5, 5.41) is 61.7. The van der Waals surface area contributed by atoms with Crippen molar-refractivity contribution in [1.82, 2.24) is 0 Å². The molecule has 6 N–H and O–H groups in total. The van der Waals surface area contributed by atoms with E-state index in [1.54, 1.807) is 6.92 Å². The predicted octanol–water partition coefficient (Wildman–Crippen LogP) is -0.864. The highest BCUT2D eigenvalue weighted by Gasteiger charge is 2.54. The summed E-state index contributed by atoms with van der Waals surface area (Å²) in [5.41, 5.74) is 0. The number of fused-ring (bicyclic) bond motifs is 2. The van der Waals surface area contributed by atoms with Gasteiger partial charge >= 0.3 is 5.97 Å². The topological polar surface area (TPSA) is 194 Å². The Labute approximate surface area is 233 Å². The number of aliphatic hydroxyl groups excluding tert-OH is 5. The first kappa shape index (κ1) is 30.5. The molecule has 0 amide bonds. The van der Waals surface area contributed by atoms with Crippen LogP contribution in [0.1, 0.15) is 52.4 Å². The average molecular weight is 577 g/mol. The minimum absolute atomic E-state index is 0.0220. The summed E-state index contributed by atoms with van der Waals surface area (Å²) < 4.78 is 36.6. The molecule has 5 aliphatic rings. The molecule has 0 aromatic carbocycles. The molecular formula is C27H44O13. The fourth-order valence-corrected chi connectivity index (χ4v) is 6.65. The van der Waals surface area contributed by atoms with Gasteiger partial charge in [0.05, 0.1) is 31.5 Å². The Kier molecular flexibility index (Phi) is 9.69. The van der Waals surface area contributed by atoms with Crippen molar-refractivity contribution in [3.63, 3.8) is 0 Å². The number of aliphatic carboxylic acids is 1. The van der Waals surface area contributed by atoms with Crippen molar-refractivity contribution in [2.45, 2.75) is 132 Å². The van der Waals surface area contributed by atoms with Crippen LogP contribution in [-0.2, 0) is 33.2 Å². The van der Waals surface area contributed by atoms with Crippen LogP contribution in [0.2, 0.25) is 0 Å². The molecule has 2 saturated carbocycles. The minimum atomic E-state index is -1.47. The number of carboxylic acids is 1. The lowest BCUT2D eigenvalue weighted by Gasteiger charge is -2.48. The molecule has 0 bridgehead atoms. The monoisotopic (exact) mass is 576 g/mol. The van der Waals surface area contributed by atoms with Crippen LogP contribution in [-0.4, -0.2) is 130 Å². The SMILES string of the molecule is CC[C@@H]1CCC[C@@H](O[C@@H]2OC(CO)[C@H](O)C3O[C@@H](C(=O)O)CC4CC4COC32)C1O[C@@H]1OC(C)[C@@H](O)C(O)[C@@H]1O. The number of rotatable bonds is 7. The van der Waals surface area contributed by atoms with Gasteiger partial charge in [0, 0.05) is 0 Å². The molecule has 40 heavy (non-hydrogen) atoms. The zero-order valence-corrected chi connectivity index (χ0v) is 22.9. The predicted molar refractivity (Wildman–Crippen MR) is 134 cm³/mol. The number of aliphatic hydroxyl groups is 5. The summed E-state index contributed by atoms with van der Waals surface area (Å²) in [6, 6.07) is 0. The van der Waals surface area contributed by atoms with Gasteiger partial charge in [0.2, 0.25) is 0 Å². The van der Waals surface area contributed by atoms with Crippen LogP contribution in [0.5, 0.6) is 0 Å². The lowest BCUT2D eigenvalue weighted by atomic mass is 9.82. The van der Waals surface area contributed by atoms with E-state index in [1.165, 1.54) is 0 Å². The summed E-state index contributed by atoms with van der Waals surface area (Å²) in [6.45, 7) is 3.39. The van der Waals surface area contributed by atoms with E-state index in [2.05, 4.69) is 0 Å². The highest BCUT2D eigenvalue weighted by Crippen LogP contribution is 2.45. The van der Waals surface area contributed by atoms with Crippen LogP contribution >= 0.6 is 0 Å². The second-order valence-electron chi connectivity index (χ2n) is 12.0. The van der Waals surface area contributed by atoms with Crippen LogP contribution in [0.4, 0.5) is 0 Å². The summed E-state index contributed by atoms with van der Waals surface area (Å²) >= 11 is 0. The maximum atomic E-state index is 12.0. The van der Waals surface area contributed by atoms with Crippen LogP contribution in [0.25, 0.3) is 0 Å². The molecule has 13 heteroatoms. The number of carbonyl (C=O) groups is 1. The van der Waals surface area contributed by atoms with E-state index >= 15 is 0 Å². The van der Waals surface area contributed by atoms with Gasteiger partial charge in [-0.25, -0.2) is 4.79 Å². The fourth-order valence-electron chi connectivity index (χ4n) is 6.65. The van der Waals surface area contributed by atoms with Crippen LogP contribution in [0.15, 0.2) is 0 Å². The third-order valence-electron chi connectivity index (χ3n) is 9.31. The van der Waals surface area contributed by atoms with Crippen molar-refractivity contribution in [2.24, 2.45) is 17.8 Å². The van der Waals surface area contributed by atoms with Crippen LogP contribution in [0.3, 0.4) is 0 Å². The quantitative estimate of drug-likeness (QED) is 0.219. The number of carboxylic acid groups (broad SMARTS) is 1. The molecule has 0 spiro atoms. The number of ether oxygens (including phenoxy) is 6. The molecule has 2 aliphatic carbocycles. The van der Waals surface area contributed by atoms with Gasteiger partial charge in [-0.05, 0) is 50.4 Å². The van der Waals surface area contributed by atoms with Gasteiger partial charge in [0.1, 0.15) is 42.7 Å². The van der Waals surface area contributed by atoms with Crippen LogP contribution in [0, 0.1) is 17.8 Å². The van der Waals surface area contributed by atoms with Crippen molar-refractivity contribution in [2.75, 3.05) is 13.2 Å². The summed E-state index contributed by atoms with van der Waals surface area (Å²) in [5.74, 6) is -0.760. The molecule has 0 aromatic rings. The molecule has 8 unspecified atom stereocenters. The van der Waals surface area contributed by atoms with E-state index in [0.29, 0.717) is 19.4 Å². The fraction of sp³-hybridized carbons (Fsp3) is 0.963. The van der Waals surface area contributed by atoms with Gasteiger partial charge in [0.15, 0.2) is 18.7 Å². The van der Waals surface area contributed by atoms with Crippen molar-refractivity contribution in [3.05, 3.63) is 0 Å². The first-order chi connectivity index (χ1) is 19.1. The first-order valence-electron chi connectivity index (χ1n) is 14.6. The molecule has 3 saturated heterocycles. The Balaban J connectivity index is 1.37. The highest BCUT2D eigenvalue weighted by atomic mass is 16.7. The van der Waals surface area contributed by atoms with Crippen molar-refractivity contribution in [3.8, 4) is 0 Å². The Bertz CT molecular complexity index is 860. The Morgan fingerprint density at radius 2 is 1.65 bits per heavy atom. The van der Waals surface area contributed by atoms with Gasteiger partial charge < -0.3 is 59.1 Å². The second kappa shape index (κ2) is 12.7. The molecule has 16 atom stereocenters. The van der Waals surface area contributed by atoms with Crippen LogP contribution < -0.4 is 0 Å². The molecular weight excluding hydrogens is 532 g/mol. The Hall–Kier alpha value is -0.970. The van der Waals surface area contributed by atoms with Gasteiger partial charge in [-0.15, -0.1) is 0 Å². The average Bonchev–Trinajstić information content (AvgIpc) is 3.67. The molecule has 13 nitrogen and oxygen atoms in total. The summed E-state index contributed by atoms with van der Waals surface area (Å²) in [4.78, 5) is 12.0. The lowest BCUT2D eigenvalue weighted by Crippen LogP contribution is -2.63. The third-order valence-corrected chi connectivity index (χ3v) is 9.31. The maximum absolute atomic E-state index is 12.0. The normalized spacial score (nSPS) is 51.5. The van der Waals surface area contributed by atoms with E-state index in [-0.39, 0.29) is 17.8 Å². The number of hydrogen-bond donors (Lipinski definition) is 6. The minimum Gasteiger partial charge on any atom is -0.479 e. The van der Waals surface area contributed by atoms with Crippen molar-refractivity contribution in [1.29, 1.82) is 0 Å². The third kappa shape index (κ3) is 6.20. The molecule has 3 aliphatic heterocycles. The van der Waals surface area contributed by atoms with E-state index in [1.807, 2.05) is 6.92 Å². The standard InChI is InChI=1S/C27H44O13/c1-3-12-5-4-6-15(22(12)40-26-21(32)20(31)18(29)11(2)36-26)38-27-24-23(19(30)17(9-28)39-27)37-16(25(33)34)8-13-7-14(13)10-35-24/h11-24,26-32H,3-10H2,1-2H3,(H,33,34)/t11?,12-,13?,14?,15-,16-,17?,18-,19+,20?,21+,22?,23?,24?,26+,27-/m1/s1. The van der Waals surface area contributed by atoms with E-state index < -0.39 is 92.3 Å².